The second kappa shape index (κ2) is 5.05. The van der Waals surface area contributed by atoms with E-state index in [4.69, 9.17) is 15.2 Å². The normalized spacial score (nSPS) is 16.7. The van der Waals surface area contributed by atoms with E-state index in [1.807, 2.05) is 0 Å². The number of carbonyl (C=O) groups excluding carboxylic acids is 1. The molecular formula is C12H15NO4. The number of benzene rings is 1. The van der Waals surface area contributed by atoms with Crippen LogP contribution in [0.2, 0.25) is 0 Å². The maximum absolute atomic E-state index is 11.8. The summed E-state index contributed by atoms with van der Waals surface area (Å²) >= 11 is 0. The molecule has 0 unspecified atom stereocenters. The Kier molecular flexibility index (Phi) is 3.49. The van der Waals surface area contributed by atoms with Crippen molar-refractivity contribution in [3.8, 4) is 5.75 Å². The minimum Gasteiger partial charge on any atom is -0.507 e. The van der Waals surface area contributed by atoms with E-state index in [1.165, 1.54) is 18.2 Å². The monoisotopic (exact) mass is 237 g/mol. The minimum atomic E-state index is -0.540. The Hall–Kier alpha value is -1.75. The SMILES string of the molecule is Nc1ccc(O)c(C(=O)OC2CCOCC2)c1. The Morgan fingerprint density at radius 1 is 1.41 bits per heavy atom. The highest BCUT2D eigenvalue weighted by atomic mass is 16.6. The lowest BCUT2D eigenvalue weighted by atomic mass is 10.1. The molecule has 0 radical (unpaired) electrons. The highest BCUT2D eigenvalue weighted by Gasteiger charge is 2.21. The van der Waals surface area contributed by atoms with Crippen LogP contribution in [0, 0.1) is 0 Å². The van der Waals surface area contributed by atoms with Crippen LogP contribution < -0.4 is 5.73 Å². The highest BCUT2D eigenvalue weighted by molar-refractivity contribution is 5.93. The number of nitrogens with two attached hydrogens (primary N) is 1. The molecule has 0 amide bonds. The number of nitrogen functional groups attached to an aromatic ring is 1. The van der Waals surface area contributed by atoms with Gasteiger partial charge in [-0.05, 0) is 18.2 Å². The third-order valence-electron chi connectivity index (χ3n) is 2.68. The van der Waals surface area contributed by atoms with Crippen molar-refractivity contribution in [2.24, 2.45) is 0 Å². The van der Waals surface area contributed by atoms with Crippen molar-refractivity contribution in [2.45, 2.75) is 18.9 Å². The predicted molar refractivity (Wildman–Crippen MR) is 61.8 cm³/mol. The van der Waals surface area contributed by atoms with Crippen LogP contribution in [0.1, 0.15) is 23.2 Å². The van der Waals surface area contributed by atoms with Crippen LogP contribution in [-0.2, 0) is 9.47 Å². The lowest BCUT2D eigenvalue weighted by Gasteiger charge is -2.22. The van der Waals surface area contributed by atoms with Gasteiger partial charge in [-0.15, -0.1) is 0 Å². The van der Waals surface area contributed by atoms with Gasteiger partial charge >= 0.3 is 5.97 Å². The number of hydrogen-bond donors (Lipinski definition) is 2. The first-order valence-corrected chi connectivity index (χ1v) is 5.54. The molecule has 17 heavy (non-hydrogen) atoms. The summed E-state index contributed by atoms with van der Waals surface area (Å²) in [5.41, 5.74) is 6.09. The Morgan fingerprint density at radius 2 is 2.12 bits per heavy atom. The Balaban J connectivity index is 2.05. The maximum Gasteiger partial charge on any atom is 0.342 e. The quantitative estimate of drug-likeness (QED) is 0.460. The number of anilines is 1. The Labute approximate surface area is 99.1 Å². The molecule has 5 heteroatoms. The average molecular weight is 237 g/mol. The smallest absolute Gasteiger partial charge is 0.342 e. The first kappa shape index (κ1) is 11.7. The minimum absolute atomic E-state index is 0.108. The summed E-state index contributed by atoms with van der Waals surface area (Å²) in [5, 5.41) is 9.55. The van der Waals surface area contributed by atoms with E-state index in [1.54, 1.807) is 0 Å². The van der Waals surface area contributed by atoms with E-state index in [-0.39, 0.29) is 17.4 Å². The molecule has 0 bridgehead atoms. The van der Waals surface area contributed by atoms with Crippen molar-refractivity contribution < 1.29 is 19.4 Å². The second-order valence-corrected chi connectivity index (χ2v) is 3.99. The van der Waals surface area contributed by atoms with Crippen LogP contribution in [0.5, 0.6) is 5.75 Å². The molecule has 1 aliphatic heterocycles. The van der Waals surface area contributed by atoms with E-state index < -0.39 is 5.97 Å². The Morgan fingerprint density at radius 3 is 2.82 bits per heavy atom. The molecule has 2 rings (SSSR count). The van der Waals surface area contributed by atoms with Crippen LogP contribution >= 0.6 is 0 Å². The van der Waals surface area contributed by atoms with Crippen LogP contribution in [0.15, 0.2) is 18.2 Å². The molecule has 0 saturated carbocycles. The molecule has 0 spiro atoms. The number of rotatable bonds is 2. The summed E-state index contributed by atoms with van der Waals surface area (Å²) in [6.45, 7) is 1.20. The summed E-state index contributed by atoms with van der Waals surface area (Å²) < 4.78 is 10.4. The number of esters is 1. The van der Waals surface area contributed by atoms with Gasteiger partial charge in [0.1, 0.15) is 17.4 Å². The van der Waals surface area contributed by atoms with Gasteiger partial charge in [-0.25, -0.2) is 4.79 Å². The summed E-state index contributed by atoms with van der Waals surface area (Å²) in [6.07, 6.45) is 1.24. The lowest BCUT2D eigenvalue weighted by Crippen LogP contribution is -2.26. The van der Waals surface area contributed by atoms with Crippen molar-refractivity contribution in [3.05, 3.63) is 23.8 Å². The molecule has 1 aliphatic rings. The topological polar surface area (TPSA) is 81.8 Å². The van der Waals surface area contributed by atoms with Crippen LogP contribution in [0.3, 0.4) is 0 Å². The number of phenolic OH excluding ortho intramolecular Hbond substituents is 1. The molecule has 1 aromatic carbocycles. The maximum atomic E-state index is 11.8. The van der Waals surface area contributed by atoms with Gasteiger partial charge in [0.05, 0.1) is 13.2 Å². The largest absolute Gasteiger partial charge is 0.507 e. The van der Waals surface area contributed by atoms with Gasteiger partial charge in [-0.1, -0.05) is 0 Å². The number of hydrogen-bond acceptors (Lipinski definition) is 5. The molecule has 5 nitrogen and oxygen atoms in total. The number of ether oxygens (including phenoxy) is 2. The van der Waals surface area contributed by atoms with E-state index >= 15 is 0 Å². The fraction of sp³-hybridized carbons (Fsp3) is 0.417. The average Bonchev–Trinajstić information content (AvgIpc) is 2.33. The van der Waals surface area contributed by atoms with E-state index in [9.17, 15) is 9.90 Å². The molecular weight excluding hydrogens is 222 g/mol. The zero-order valence-electron chi connectivity index (χ0n) is 9.39. The van der Waals surface area contributed by atoms with Crippen molar-refractivity contribution in [2.75, 3.05) is 18.9 Å². The molecule has 3 N–H and O–H groups in total. The summed E-state index contributed by atoms with van der Waals surface area (Å²) in [7, 11) is 0. The van der Waals surface area contributed by atoms with Gasteiger partial charge < -0.3 is 20.3 Å². The summed E-state index contributed by atoms with van der Waals surface area (Å²) in [5.74, 6) is -0.655. The third-order valence-corrected chi connectivity index (χ3v) is 2.68. The van der Waals surface area contributed by atoms with Crippen LogP contribution in [0.4, 0.5) is 5.69 Å². The number of phenols is 1. The predicted octanol–water partition coefficient (Wildman–Crippen LogP) is 1.31. The third kappa shape index (κ3) is 2.88. The summed E-state index contributed by atoms with van der Waals surface area (Å²) in [4.78, 5) is 11.8. The molecule has 0 aromatic heterocycles. The van der Waals surface area contributed by atoms with Crippen molar-refractivity contribution in [1.82, 2.24) is 0 Å². The van der Waals surface area contributed by atoms with Gasteiger partial charge in [0.25, 0.3) is 0 Å². The molecule has 92 valence electrons. The van der Waals surface area contributed by atoms with Gasteiger partial charge in [0, 0.05) is 18.5 Å². The molecule has 1 aromatic rings. The van der Waals surface area contributed by atoms with Gasteiger partial charge in [0.15, 0.2) is 0 Å². The Bertz CT molecular complexity index is 413. The van der Waals surface area contributed by atoms with E-state index in [2.05, 4.69) is 0 Å². The molecule has 1 fully saturated rings. The fourth-order valence-corrected chi connectivity index (χ4v) is 1.73. The van der Waals surface area contributed by atoms with Crippen LogP contribution in [0.25, 0.3) is 0 Å². The van der Waals surface area contributed by atoms with E-state index in [0.29, 0.717) is 31.7 Å². The van der Waals surface area contributed by atoms with Crippen molar-refractivity contribution in [3.63, 3.8) is 0 Å². The molecule has 1 heterocycles. The molecule has 0 aliphatic carbocycles. The van der Waals surface area contributed by atoms with Crippen LogP contribution in [-0.4, -0.2) is 30.4 Å². The van der Waals surface area contributed by atoms with Crippen molar-refractivity contribution >= 4 is 11.7 Å². The van der Waals surface area contributed by atoms with Gasteiger partial charge in [-0.3, -0.25) is 0 Å². The van der Waals surface area contributed by atoms with Gasteiger partial charge in [-0.2, -0.15) is 0 Å². The number of aromatic hydroxyl groups is 1. The lowest BCUT2D eigenvalue weighted by molar-refractivity contribution is -0.0160. The van der Waals surface area contributed by atoms with Crippen molar-refractivity contribution in [1.29, 1.82) is 0 Å². The van der Waals surface area contributed by atoms with Gasteiger partial charge in [0.2, 0.25) is 0 Å². The summed E-state index contributed by atoms with van der Waals surface area (Å²) in [6, 6.07) is 4.33. The zero-order valence-corrected chi connectivity index (χ0v) is 9.39. The molecule has 1 saturated heterocycles. The standard InChI is InChI=1S/C12H15NO4/c13-8-1-2-11(14)10(7-8)12(15)17-9-3-5-16-6-4-9/h1-2,7,9,14H,3-6,13H2. The fourth-order valence-electron chi connectivity index (χ4n) is 1.73. The first-order chi connectivity index (χ1) is 8.16. The second-order valence-electron chi connectivity index (χ2n) is 3.99. The van der Waals surface area contributed by atoms with E-state index in [0.717, 1.165) is 0 Å². The highest BCUT2D eigenvalue weighted by Crippen LogP contribution is 2.22. The first-order valence-electron chi connectivity index (χ1n) is 5.54. The number of carbonyl (C=O) groups is 1. The molecule has 0 atom stereocenters. The zero-order chi connectivity index (χ0) is 12.3.